The number of carbonyl (C=O) groups is 2. The minimum absolute atomic E-state index is 0.251. The highest BCUT2D eigenvalue weighted by Gasteiger charge is 2.16. The Morgan fingerprint density at radius 3 is 2.41 bits per heavy atom. The Kier molecular flexibility index (Phi) is 5.41. The molecule has 2 aromatic rings. The predicted octanol–water partition coefficient (Wildman–Crippen LogP) is 3.99. The van der Waals surface area contributed by atoms with Crippen LogP contribution in [0.1, 0.15) is 6.42 Å². The average molecular weight is 337 g/mol. The molecule has 2 aromatic carbocycles. The van der Waals surface area contributed by atoms with Gasteiger partial charge in [0.1, 0.15) is 6.42 Å². The lowest BCUT2D eigenvalue weighted by molar-refractivity contribution is -0.125. The highest BCUT2D eigenvalue weighted by molar-refractivity contribution is 6.44. The maximum atomic E-state index is 12.1. The van der Waals surface area contributed by atoms with Crippen molar-refractivity contribution in [3.05, 3.63) is 58.6 Å². The van der Waals surface area contributed by atoms with Crippen molar-refractivity contribution < 1.29 is 9.59 Å². The van der Waals surface area contributed by atoms with Crippen molar-refractivity contribution >= 4 is 46.4 Å². The molecular formula is C16H14Cl2N2O2. The van der Waals surface area contributed by atoms with Crippen molar-refractivity contribution in [2.24, 2.45) is 0 Å². The van der Waals surface area contributed by atoms with Crippen molar-refractivity contribution in [1.82, 2.24) is 0 Å². The Hall–Kier alpha value is -2.04. The molecule has 22 heavy (non-hydrogen) atoms. The molecule has 2 amide bonds. The SMILES string of the molecule is CN(C(=O)CC(=O)Nc1cccc(Cl)c1Cl)c1ccccc1. The van der Waals surface area contributed by atoms with Gasteiger partial charge in [0.05, 0.1) is 15.7 Å². The van der Waals surface area contributed by atoms with Gasteiger partial charge in [-0.3, -0.25) is 9.59 Å². The highest BCUT2D eigenvalue weighted by atomic mass is 35.5. The van der Waals surface area contributed by atoms with E-state index >= 15 is 0 Å². The summed E-state index contributed by atoms with van der Waals surface area (Å²) in [6.07, 6.45) is -0.283. The maximum Gasteiger partial charge on any atom is 0.236 e. The Labute approximate surface area is 138 Å². The third-order valence-corrected chi connectivity index (χ3v) is 3.87. The van der Waals surface area contributed by atoms with Crippen molar-refractivity contribution in [2.75, 3.05) is 17.3 Å². The number of rotatable bonds is 4. The van der Waals surface area contributed by atoms with E-state index in [1.807, 2.05) is 18.2 Å². The van der Waals surface area contributed by atoms with Gasteiger partial charge in [0, 0.05) is 12.7 Å². The molecule has 4 nitrogen and oxygen atoms in total. The van der Waals surface area contributed by atoms with E-state index in [1.54, 1.807) is 37.4 Å². The van der Waals surface area contributed by atoms with Crippen LogP contribution >= 0.6 is 23.2 Å². The minimum atomic E-state index is -0.447. The summed E-state index contributed by atoms with van der Waals surface area (Å²) in [5.41, 5.74) is 1.11. The van der Waals surface area contributed by atoms with Gasteiger partial charge in [0.2, 0.25) is 11.8 Å². The van der Waals surface area contributed by atoms with Gasteiger partial charge >= 0.3 is 0 Å². The summed E-state index contributed by atoms with van der Waals surface area (Å²) >= 11 is 11.9. The first-order valence-electron chi connectivity index (χ1n) is 6.54. The van der Waals surface area contributed by atoms with Gasteiger partial charge in [-0.1, -0.05) is 47.5 Å². The van der Waals surface area contributed by atoms with E-state index in [9.17, 15) is 9.59 Å². The summed E-state index contributed by atoms with van der Waals surface area (Å²) in [4.78, 5) is 25.5. The molecule has 0 heterocycles. The minimum Gasteiger partial charge on any atom is -0.324 e. The molecule has 0 aliphatic heterocycles. The Morgan fingerprint density at radius 2 is 1.73 bits per heavy atom. The van der Waals surface area contributed by atoms with Crippen LogP contribution in [0.3, 0.4) is 0 Å². The lowest BCUT2D eigenvalue weighted by atomic mass is 10.2. The van der Waals surface area contributed by atoms with Crippen LogP contribution in [0.2, 0.25) is 10.0 Å². The number of nitrogens with zero attached hydrogens (tertiary/aromatic N) is 1. The number of hydrogen-bond acceptors (Lipinski definition) is 2. The second-order valence-corrected chi connectivity index (χ2v) is 5.40. The van der Waals surface area contributed by atoms with Gasteiger partial charge < -0.3 is 10.2 Å². The number of nitrogens with one attached hydrogen (secondary N) is 1. The zero-order valence-corrected chi connectivity index (χ0v) is 13.4. The van der Waals surface area contributed by atoms with Crippen LogP contribution in [-0.2, 0) is 9.59 Å². The summed E-state index contributed by atoms with van der Waals surface area (Å²) in [6.45, 7) is 0. The van der Waals surface area contributed by atoms with Crippen LogP contribution in [0.25, 0.3) is 0 Å². The van der Waals surface area contributed by atoms with E-state index in [2.05, 4.69) is 5.32 Å². The molecule has 0 unspecified atom stereocenters. The topological polar surface area (TPSA) is 49.4 Å². The molecular weight excluding hydrogens is 323 g/mol. The van der Waals surface area contributed by atoms with E-state index < -0.39 is 5.91 Å². The standard InChI is InChI=1S/C16H14Cl2N2O2/c1-20(11-6-3-2-4-7-11)15(22)10-14(21)19-13-9-5-8-12(17)16(13)18/h2-9H,10H2,1H3,(H,19,21). The number of para-hydroxylation sites is 1. The van der Waals surface area contributed by atoms with E-state index in [0.29, 0.717) is 10.7 Å². The lowest BCUT2D eigenvalue weighted by Crippen LogP contribution is -2.30. The van der Waals surface area contributed by atoms with Crippen LogP contribution in [0.5, 0.6) is 0 Å². The second-order valence-electron chi connectivity index (χ2n) is 4.61. The first-order chi connectivity index (χ1) is 10.5. The molecule has 2 rings (SSSR count). The van der Waals surface area contributed by atoms with E-state index in [1.165, 1.54) is 4.90 Å². The van der Waals surface area contributed by atoms with E-state index in [4.69, 9.17) is 23.2 Å². The van der Waals surface area contributed by atoms with Gasteiger partial charge in [0.15, 0.2) is 0 Å². The molecule has 0 bridgehead atoms. The smallest absolute Gasteiger partial charge is 0.236 e. The molecule has 114 valence electrons. The Bertz CT molecular complexity index is 690. The molecule has 6 heteroatoms. The molecule has 1 N–H and O–H groups in total. The number of anilines is 2. The summed E-state index contributed by atoms with van der Waals surface area (Å²) in [7, 11) is 1.62. The number of hydrogen-bond donors (Lipinski definition) is 1. The van der Waals surface area contributed by atoms with Gasteiger partial charge in [0.25, 0.3) is 0 Å². The monoisotopic (exact) mass is 336 g/mol. The zero-order chi connectivity index (χ0) is 16.1. The molecule has 0 saturated carbocycles. The zero-order valence-electron chi connectivity index (χ0n) is 11.8. The Morgan fingerprint density at radius 1 is 1.05 bits per heavy atom. The van der Waals surface area contributed by atoms with Crippen LogP contribution < -0.4 is 10.2 Å². The van der Waals surface area contributed by atoms with Gasteiger partial charge in [-0.2, -0.15) is 0 Å². The summed E-state index contributed by atoms with van der Waals surface area (Å²) in [6, 6.07) is 14.0. The molecule has 0 spiro atoms. The van der Waals surface area contributed by atoms with Gasteiger partial charge in [-0.05, 0) is 24.3 Å². The number of benzene rings is 2. The normalized spacial score (nSPS) is 10.1. The molecule has 0 aromatic heterocycles. The van der Waals surface area contributed by atoms with Crippen LogP contribution in [-0.4, -0.2) is 18.9 Å². The first kappa shape index (κ1) is 16.3. The van der Waals surface area contributed by atoms with E-state index in [-0.39, 0.29) is 17.4 Å². The number of carbonyl (C=O) groups excluding carboxylic acids is 2. The van der Waals surface area contributed by atoms with Crippen molar-refractivity contribution in [3.8, 4) is 0 Å². The number of amides is 2. The van der Waals surface area contributed by atoms with Crippen LogP contribution in [0, 0.1) is 0 Å². The highest BCUT2D eigenvalue weighted by Crippen LogP contribution is 2.29. The third kappa shape index (κ3) is 4.00. The van der Waals surface area contributed by atoms with Crippen molar-refractivity contribution in [1.29, 1.82) is 0 Å². The lowest BCUT2D eigenvalue weighted by Gasteiger charge is -2.17. The molecule has 0 radical (unpaired) electrons. The largest absolute Gasteiger partial charge is 0.324 e. The first-order valence-corrected chi connectivity index (χ1v) is 7.30. The molecule has 0 aliphatic rings. The van der Waals surface area contributed by atoms with E-state index in [0.717, 1.165) is 5.69 Å². The second kappa shape index (κ2) is 7.29. The van der Waals surface area contributed by atoms with Crippen LogP contribution in [0.15, 0.2) is 48.5 Å². The summed E-state index contributed by atoms with van der Waals surface area (Å²) in [5.74, 6) is -0.765. The van der Waals surface area contributed by atoms with Gasteiger partial charge in [-0.15, -0.1) is 0 Å². The summed E-state index contributed by atoms with van der Waals surface area (Å²) < 4.78 is 0. The number of halogens is 2. The van der Waals surface area contributed by atoms with Crippen molar-refractivity contribution in [2.45, 2.75) is 6.42 Å². The third-order valence-electron chi connectivity index (χ3n) is 3.06. The molecule has 0 atom stereocenters. The molecule has 0 saturated heterocycles. The fraction of sp³-hybridized carbons (Fsp3) is 0.125. The Balaban J connectivity index is 2.00. The quantitative estimate of drug-likeness (QED) is 0.858. The summed E-state index contributed by atoms with van der Waals surface area (Å²) in [5, 5.41) is 3.18. The van der Waals surface area contributed by atoms with Crippen molar-refractivity contribution in [3.63, 3.8) is 0 Å². The fourth-order valence-corrected chi connectivity index (χ4v) is 2.19. The molecule has 0 fully saturated rings. The van der Waals surface area contributed by atoms with Crippen LogP contribution in [0.4, 0.5) is 11.4 Å². The average Bonchev–Trinajstić information content (AvgIpc) is 2.52. The maximum absolute atomic E-state index is 12.1. The fourth-order valence-electron chi connectivity index (χ4n) is 1.85. The predicted molar refractivity (Wildman–Crippen MR) is 89.6 cm³/mol. The molecule has 0 aliphatic carbocycles. The van der Waals surface area contributed by atoms with Gasteiger partial charge in [-0.25, -0.2) is 0 Å².